The van der Waals surface area contributed by atoms with Crippen LogP contribution in [0, 0.1) is 19.8 Å². The number of nitrogens with zero attached hydrogens (tertiary/aromatic N) is 2. The molecule has 31 heavy (non-hydrogen) atoms. The van der Waals surface area contributed by atoms with Crippen LogP contribution in [0.2, 0.25) is 0 Å². The number of hydrogen-bond acceptors (Lipinski definition) is 5. The Morgan fingerprint density at radius 2 is 1.58 bits per heavy atom. The van der Waals surface area contributed by atoms with E-state index in [4.69, 9.17) is 4.74 Å². The first-order valence-corrected chi connectivity index (χ1v) is 10.4. The van der Waals surface area contributed by atoms with E-state index in [2.05, 4.69) is 0 Å². The molecule has 3 amide bonds. The summed E-state index contributed by atoms with van der Waals surface area (Å²) >= 11 is 0. The minimum atomic E-state index is -0.588. The predicted molar refractivity (Wildman–Crippen MR) is 115 cm³/mol. The largest absolute Gasteiger partial charge is 0.426 e. The summed E-state index contributed by atoms with van der Waals surface area (Å²) < 4.78 is 5.51. The summed E-state index contributed by atoms with van der Waals surface area (Å²) in [6, 6.07) is 12.3. The Labute approximate surface area is 180 Å². The van der Waals surface area contributed by atoms with Crippen molar-refractivity contribution in [1.82, 2.24) is 0 Å². The maximum Gasteiger partial charge on any atom is 0.316 e. The summed E-state index contributed by atoms with van der Waals surface area (Å²) in [6.07, 6.45) is 1.26. The van der Waals surface area contributed by atoms with Gasteiger partial charge in [-0.2, -0.15) is 0 Å². The molecule has 2 aromatic carbocycles. The van der Waals surface area contributed by atoms with Crippen molar-refractivity contribution in [2.45, 2.75) is 39.5 Å². The Morgan fingerprint density at radius 1 is 0.903 bits per heavy atom. The molecule has 160 valence electrons. The second-order valence-corrected chi connectivity index (χ2v) is 8.15. The molecule has 2 aliphatic rings. The van der Waals surface area contributed by atoms with Crippen molar-refractivity contribution >= 4 is 35.1 Å². The molecule has 0 saturated carbocycles. The van der Waals surface area contributed by atoms with Gasteiger partial charge in [0.2, 0.25) is 17.7 Å². The second-order valence-electron chi connectivity index (χ2n) is 8.15. The van der Waals surface area contributed by atoms with Crippen LogP contribution < -0.4 is 14.5 Å². The zero-order valence-electron chi connectivity index (χ0n) is 17.6. The van der Waals surface area contributed by atoms with Gasteiger partial charge in [-0.25, -0.2) is 0 Å². The molecule has 0 bridgehead atoms. The molecule has 2 heterocycles. The van der Waals surface area contributed by atoms with Gasteiger partial charge in [-0.1, -0.05) is 12.1 Å². The first kappa shape index (κ1) is 20.8. The van der Waals surface area contributed by atoms with E-state index < -0.39 is 11.9 Å². The fourth-order valence-corrected chi connectivity index (χ4v) is 4.15. The minimum Gasteiger partial charge on any atom is -0.426 e. The normalized spacial score (nSPS) is 19.2. The van der Waals surface area contributed by atoms with Crippen molar-refractivity contribution in [3.8, 4) is 5.75 Å². The van der Waals surface area contributed by atoms with Gasteiger partial charge in [0.05, 0.1) is 11.6 Å². The van der Waals surface area contributed by atoms with E-state index in [1.165, 1.54) is 6.07 Å². The Kier molecular flexibility index (Phi) is 5.59. The highest BCUT2D eigenvalue weighted by molar-refractivity contribution is 6.16. The van der Waals surface area contributed by atoms with Gasteiger partial charge in [0, 0.05) is 37.6 Å². The lowest BCUT2D eigenvalue weighted by atomic mass is 10.1. The van der Waals surface area contributed by atoms with Gasteiger partial charge >= 0.3 is 5.97 Å². The second kappa shape index (κ2) is 8.34. The summed E-state index contributed by atoms with van der Waals surface area (Å²) in [6.45, 7) is 4.19. The average Bonchev–Trinajstić information content (AvgIpc) is 3.09. The Hall–Kier alpha value is -3.48. The quantitative estimate of drug-likeness (QED) is 0.431. The molecule has 2 aromatic rings. The van der Waals surface area contributed by atoms with Crippen molar-refractivity contribution in [3.05, 3.63) is 53.6 Å². The lowest BCUT2D eigenvalue weighted by Gasteiger charge is -2.25. The van der Waals surface area contributed by atoms with Gasteiger partial charge in [-0.3, -0.25) is 24.1 Å². The third kappa shape index (κ3) is 4.35. The molecule has 2 fully saturated rings. The van der Waals surface area contributed by atoms with Gasteiger partial charge in [-0.05, 0) is 55.7 Å². The number of hydrogen-bond donors (Lipinski definition) is 0. The van der Waals surface area contributed by atoms with Crippen molar-refractivity contribution in [2.75, 3.05) is 16.3 Å². The summed E-state index contributed by atoms with van der Waals surface area (Å²) in [5.41, 5.74) is 3.26. The SMILES string of the molecule is Cc1cc(C)cc(N2C[C@H](C(=O)Oc3cccc(N4C(=O)CCCC4=O)c3)CC2=O)c1. The van der Waals surface area contributed by atoms with Gasteiger partial charge in [0.1, 0.15) is 5.75 Å². The number of carbonyl (C=O) groups excluding carboxylic acids is 4. The standard InChI is InChI=1S/C24H24N2O5/c1-15-9-16(2)11-19(10-15)25-14-17(12-23(25)29)24(30)31-20-6-3-5-18(13-20)26-21(27)7-4-8-22(26)28/h3,5-6,9-11,13,17H,4,7-8,12,14H2,1-2H3/t17-/m1/s1. The lowest BCUT2D eigenvalue weighted by Crippen LogP contribution is -2.40. The van der Waals surface area contributed by atoms with E-state index in [1.807, 2.05) is 32.0 Å². The third-order valence-electron chi connectivity index (χ3n) is 5.55. The Balaban J connectivity index is 1.47. The summed E-state index contributed by atoms with van der Waals surface area (Å²) in [4.78, 5) is 52.3. The highest BCUT2D eigenvalue weighted by Crippen LogP contribution is 2.30. The summed E-state index contributed by atoms with van der Waals surface area (Å²) in [5.74, 6) is -1.49. The number of rotatable bonds is 4. The van der Waals surface area contributed by atoms with Gasteiger partial charge in [-0.15, -0.1) is 0 Å². The monoisotopic (exact) mass is 420 g/mol. The molecule has 0 radical (unpaired) electrons. The third-order valence-corrected chi connectivity index (χ3v) is 5.55. The smallest absolute Gasteiger partial charge is 0.316 e. The van der Waals surface area contributed by atoms with E-state index >= 15 is 0 Å². The van der Waals surface area contributed by atoms with E-state index in [0.717, 1.165) is 21.7 Å². The first-order valence-electron chi connectivity index (χ1n) is 10.4. The van der Waals surface area contributed by atoms with Gasteiger partial charge in [0.25, 0.3) is 0 Å². The molecular formula is C24H24N2O5. The van der Waals surface area contributed by atoms with E-state index in [0.29, 0.717) is 24.9 Å². The maximum atomic E-state index is 12.7. The number of anilines is 2. The molecular weight excluding hydrogens is 396 g/mol. The molecule has 0 aromatic heterocycles. The zero-order chi connectivity index (χ0) is 22.1. The molecule has 1 atom stereocenters. The van der Waals surface area contributed by atoms with Crippen LogP contribution in [-0.4, -0.2) is 30.2 Å². The first-order chi connectivity index (χ1) is 14.8. The molecule has 4 rings (SSSR count). The van der Waals surface area contributed by atoms with Gasteiger partial charge in [0.15, 0.2) is 0 Å². The number of esters is 1. The molecule has 7 nitrogen and oxygen atoms in total. The number of imide groups is 1. The van der Waals surface area contributed by atoms with Crippen LogP contribution in [0.25, 0.3) is 0 Å². The highest BCUT2D eigenvalue weighted by atomic mass is 16.5. The topological polar surface area (TPSA) is 84.0 Å². The number of carbonyl (C=O) groups is 4. The van der Waals surface area contributed by atoms with Crippen molar-refractivity contribution in [3.63, 3.8) is 0 Å². The number of aryl methyl sites for hydroxylation is 2. The lowest BCUT2D eigenvalue weighted by molar-refractivity contribution is -0.139. The van der Waals surface area contributed by atoms with Crippen molar-refractivity contribution < 1.29 is 23.9 Å². The number of ether oxygens (including phenoxy) is 1. The fourth-order valence-electron chi connectivity index (χ4n) is 4.15. The number of amides is 3. The predicted octanol–water partition coefficient (Wildman–Crippen LogP) is 3.31. The van der Waals surface area contributed by atoms with Crippen LogP contribution in [0.4, 0.5) is 11.4 Å². The van der Waals surface area contributed by atoms with Crippen molar-refractivity contribution in [1.29, 1.82) is 0 Å². The Bertz CT molecular complexity index is 1040. The minimum absolute atomic E-state index is 0.0780. The molecule has 2 aliphatic heterocycles. The van der Waals surface area contributed by atoms with E-state index in [1.54, 1.807) is 23.1 Å². The number of piperidine rings is 1. The van der Waals surface area contributed by atoms with Crippen LogP contribution in [-0.2, 0) is 19.2 Å². The summed E-state index contributed by atoms with van der Waals surface area (Å²) in [5, 5.41) is 0. The van der Waals surface area contributed by atoms with E-state index in [9.17, 15) is 19.2 Å². The van der Waals surface area contributed by atoms with Crippen LogP contribution in [0.5, 0.6) is 5.75 Å². The highest BCUT2D eigenvalue weighted by Gasteiger charge is 2.36. The average molecular weight is 420 g/mol. The maximum absolute atomic E-state index is 12.7. The molecule has 0 unspecified atom stereocenters. The number of benzene rings is 2. The zero-order valence-corrected chi connectivity index (χ0v) is 17.6. The molecule has 0 N–H and O–H groups in total. The van der Waals surface area contributed by atoms with Crippen LogP contribution >= 0.6 is 0 Å². The molecule has 0 spiro atoms. The Morgan fingerprint density at radius 3 is 2.26 bits per heavy atom. The van der Waals surface area contributed by atoms with Crippen LogP contribution in [0.3, 0.4) is 0 Å². The van der Waals surface area contributed by atoms with E-state index in [-0.39, 0.29) is 36.4 Å². The molecule has 2 saturated heterocycles. The van der Waals surface area contributed by atoms with Crippen LogP contribution in [0.1, 0.15) is 36.8 Å². The van der Waals surface area contributed by atoms with Crippen LogP contribution in [0.15, 0.2) is 42.5 Å². The molecule has 7 heteroatoms. The van der Waals surface area contributed by atoms with Crippen molar-refractivity contribution in [2.24, 2.45) is 5.92 Å². The molecule has 0 aliphatic carbocycles. The fraction of sp³-hybridized carbons (Fsp3) is 0.333. The summed E-state index contributed by atoms with van der Waals surface area (Å²) in [7, 11) is 0. The van der Waals surface area contributed by atoms with Gasteiger partial charge < -0.3 is 9.64 Å².